The molecule has 0 aromatic rings. The van der Waals surface area contributed by atoms with Gasteiger partial charge in [-0.1, -0.05) is 6.08 Å². The van der Waals surface area contributed by atoms with E-state index in [2.05, 4.69) is 0 Å². The first kappa shape index (κ1) is 6.90. The van der Waals surface area contributed by atoms with E-state index in [4.69, 9.17) is 5.26 Å². The van der Waals surface area contributed by atoms with Crippen molar-refractivity contribution in [2.45, 2.75) is 12.8 Å². The number of nitriles is 1. The monoisotopic (exact) mass is 109 g/mol. The first-order valence-corrected chi connectivity index (χ1v) is 2.40. The highest BCUT2D eigenvalue weighted by atomic mass is 16.1. The average molecular weight is 109 g/mol. The summed E-state index contributed by atoms with van der Waals surface area (Å²) in [7, 11) is 0. The van der Waals surface area contributed by atoms with Crippen LogP contribution in [0.25, 0.3) is 0 Å². The minimum atomic E-state index is 0.512. The Balaban J connectivity index is 3.06. The van der Waals surface area contributed by atoms with E-state index in [0.29, 0.717) is 12.8 Å². The standard InChI is InChI=1S/C6H7NO/c7-5-3-1-2-4-6-8/h1,3,6H,2,4H2/b3-1+. The highest BCUT2D eigenvalue weighted by molar-refractivity contribution is 5.49. The van der Waals surface area contributed by atoms with Crippen LogP contribution in [0.1, 0.15) is 12.8 Å². The van der Waals surface area contributed by atoms with Crippen molar-refractivity contribution in [3.8, 4) is 6.07 Å². The van der Waals surface area contributed by atoms with E-state index in [0.717, 1.165) is 6.29 Å². The van der Waals surface area contributed by atoms with Crippen LogP contribution in [0.5, 0.6) is 0 Å². The predicted molar refractivity (Wildman–Crippen MR) is 30.1 cm³/mol. The van der Waals surface area contributed by atoms with Gasteiger partial charge in [0.05, 0.1) is 6.07 Å². The lowest BCUT2D eigenvalue weighted by atomic mass is 10.3. The molecule has 0 aliphatic carbocycles. The van der Waals surface area contributed by atoms with E-state index in [9.17, 15) is 4.79 Å². The molecule has 2 nitrogen and oxygen atoms in total. The van der Waals surface area contributed by atoms with E-state index in [1.807, 2.05) is 6.07 Å². The molecule has 0 rings (SSSR count). The second-order valence-corrected chi connectivity index (χ2v) is 1.28. The number of carbonyl (C=O) groups is 1. The van der Waals surface area contributed by atoms with Gasteiger partial charge in [0.1, 0.15) is 6.29 Å². The van der Waals surface area contributed by atoms with Gasteiger partial charge in [0, 0.05) is 12.5 Å². The molecular formula is C6H7NO. The zero-order valence-corrected chi connectivity index (χ0v) is 4.50. The smallest absolute Gasteiger partial charge is 0.120 e. The Kier molecular flexibility index (Phi) is 5.09. The second-order valence-electron chi connectivity index (χ2n) is 1.28. The minimum Gasteiger partial charge on any atom is -0.303 e. The van der Waals surface area contributed by atoms with Crippen LogP contribution in [0.4, 0.5) is 0 Å². The van der Waals surface area contributed by atoms with Crippen molar-refractivity contribution < 1.29 is 4.79 Å². The van der Waals surface area contributed by atoms with Gasteiger partial charge in [0.2, 0.25) is 0 Å². The van der Waals surface area contributed by atoms with Gasteiger partial charge in [0.15, 0.2) is 0 Å². The third-order valence-electron chi connectivity index (χ3n) is 0.644. The molecule has 0 aliphatic rings. The fraction of sp³-hybridized carbons (Fsp3) is 0.333. The molecule has 0 N–H and O–H groups in total. The summed E-state index contributed by atoms with van der Waals surface area (Å²) in [5.74, 6) is 0. The number of unbranched alkanes of at least 4 members (excludes halogenated alkanes) is 1. The maximum absolute atomic E-state index is 9.65. The van der Waals surface area contributed by atoms with Crippen molar-refractivity contribution >= 4 is 6.29 Å². The number of carbonyl (C=O) groups excluding carboxylic acids is 1. The average Bonchev–Trinajstić information content (AvgIpc) is 1.81. The number of hydrogen-bond acceptors (Lipinski definition) is 2. The number of hydrogen-bond donors (Lipinski definition) is 0. The third-order valence-corrected chi connectivity index (χ3v) is 0.644. The van der Waals surface area contributed by atoms with Crippen molar-refractivity contribution in [1.82, 2.24) is 0 Å². The lowest BCUT2D eigenvalue weighted by Gasteiger charge is -1.75. The topological polar surface area (TPSA) is 40.9 Å². The van der Waals surface area contributed by atoms with Crippen LogP contribution in [0.15, 0.2) is 12.2 Å². The summed E-state index contributed by atoms with van der Waals surface area (Å²) in [5.41, 5.74) is 0. The Morgan fingerprint density at radius 1 is 1.50 bits per heavy atom. The first-order valence-electron chi connectivity index (χ1n) is 2.40. The van der Waals surface area contributed by atoms with Gasteiger partial charge in [-0.05, 0) is 6.42 Å². The molecular weight excluding hydrogens is 102 g/mol. The van der Waals surface area contributed by atoms with Crippen molar-refractivity contribution in [2.75, 3.05) is 0 Å². The molecule has 0 unspecified atom stereocenters. The largest absolute Gasteiger partial charge is 0.303 e. The van der Waals surface area contributed by atoms with Gasteiger partial charge >= 0.3 is 0 Å². The molecule has 0 aromatic carbocycles. The molecule has 8 heavy (non-hydrogen) atoms. The number of allylic oxidation sites excluding steroid dienone is 2. The molecule has 0 atom stereocenters. The van der Waals surface area contributed by atoms with Crippen molar-refractivity contribution in [1.29, 1.82) is 5.26 Å². The van der Waals surface area contributed by atoms with Crippen LogP contribution in [-0.4, -0.2) is 6.29 Å². The molecule has 2 heteroatoms. The highest BCUT2D eigenvalue weighted by Crippen LogP contribution is 1.84. The molecule has 0 aromatic heterocycles. The van der Waals surface area contributed by atoms with Crippen molar-refractivity contribution in [3.63, 3.8) is 0 Å². The Labute approximate surface area is 48.4 Å². The summed E-state index contributed by atoms with van der Waals surface area (Å²) in [6.45, 7) is 0. The lowest BCUT2D eigenvalue weighted by molar-refractivity contribution is -0.107. The van der Waals surface area contributed by atoms with E-state index < -0.39 is 0 Å². The quantitative estimate of drug-likeness (QED) is 0.308. The summed E-state index contributed by atoms with van der Waals surface area (Å²) < 4.78 is 0. The van der Waals surface area contributed by atoms with Crippen molar-refractivity contribution in [3.05, 3.63) is 12.2 Å². The van der Waals surface area contributed by atoms with Gasteiger partial charge in [-0.2, -0.15) is 5.26 Å². The molecule has 0 aliphatic heterocycles. The van der Waals surface area contributed by atoms with Crippen LogP contribution < -0.4 is 0 Å². The Hall–Kier alpha value is -1.10. The summed E-state index contributed by atoms with van der Waals surface area (Å²) >= 11 is 0. The second kappa shape index (κ2) is 5.90. The molecule has 0 spiro atoms. The molecule has 0 radical (unpaired) electrons. The maximum Gasteiger partial charge on any atom is 0.120 e. The summed E-state index contributed by atoms with van der Waals surface area (Å²) in [5, 5.41) is 7.94. The van der Waals surface area contributed by atoms with Crippen LogP contribution >= 0.6 is 0 Å². The fourth-order valence-corrected chi connectivity index (χ4v) is 0.300. The van der Waals surface area contributed by atoms with Crippen molar-refractivity contribution in [2.24, 2.45) is 0 Å². The third kappa shape index (κ3) is 4.90. The molecule has 0 amide bonds. The van der Waals surface area contributed by atoms with E-state index >= 15 is 0 Å². The van der Waals surface area contributed by atoms with Gasteiger partial charge in [-0.15, -0.1) is 0 Å². The Morgan fingerprint density at radius 3 is 2.75 bits per heavy atom. The molecule has 0 heterocycles. The van der Waals surface area contributed by atoms with Gasteiger partial charge < -0.3 is 4.79 Å². The predicted octanol–water partition coefficient (Wildman–Crippen LogP) is 1.05. The molecule has 0 saturated carbocycles. The van der Waals surface area contributed by atoms with Crippen LogP contribution in [0.3, 0.4) is 0 Å². The Morgan fingerprint density at radius 2 is 2.25 bits per heavy atom. The van der Waals surface area contributed by atoms with Crippen LogP contribution in [0.2, 0.25) is 0 Å². The lowest BCUT2D eigenvalue weighted by Crippen LogP contribution is -1.68. The normalized spacial score (nSPS) is 8.88. The van der Waals surface area contributed by atoms with Crippen LogP contribution in [0, 0.1) is 11.3 Å². The van der Waals surface area contributed by atoms with E-state index in [1.165, 1.54) is 6.08 Å². The number of rotatable bonds is 3. The van der Waals surface area contributed by atoms with E-state index in [-0.39, 0.29) is 0 Å². The van der Waals surface area contributed by atoms with Crippen LogP contribution in [-0.2, 0) is 4.79 Å². The van der Waals surface area contributed by atoms with Gasteiger partial charge in [0.25, 0.3) is 0 Å². The zero-order valence-electron chi connectivity index (χ0n) is 4.50. The molecule has 0 fully saturated rings. The molecule has 42 valence electrons. The summed E-state index contributed by atoms with van der Waals surface area (Å²) in [4.78, 5) is 9.65. The first-order chi connectivity index (χ1) is 3.91. The van der Waals surface area contributed by atoms with Gasteiger partial charge in [-0.25, -0.2) is 0 Å². The summed E-state index contributed by atoms with van der Waals surface area (Å²) in [6, 6.07) is 1.83. The maximum atomic E-state index is 9.65. The minimum absolute atomic E-state index is 0.512. The zero-order chi connectivity index (χ0) is 6.24. The number of aldehydes is 1. The van der Waals surface area contributed by atoms with E-state index in [1.54, 1.807) is 6.08 Å². The Bertz CT molecular complexity index is 121. The molecule has 0 bridgehead atoms. The highest BCUT2D eigenvalue weighted by Gasteiger charge is 1.74. The molecule has 0 saturated heterocycles. The fourth-order valence-electron chi connectivity index (χ4n) is 0.300. The summed E-state index contributed by atoms with van der Waals surface area (Å²) in [6.07, 6.45) is 5.08. The van der Waals surface area contributed by atoms with Gasteiger partial charge in [-0.3, -0.25) is 0 Å². The number of nitrogens with zero attached hydrogens (tertiary/aromatic N) is 1. The SMILES string of the molecule is N#C/C=C/CCC=O.